The van der Waals surface area contributed by atoms with Crippen LogP contribution in [0.25, 0.3) is 0 Å². The molecule has 0 N–H and O–H groups in total. The highest BCUT2D eigenvalue weighted by Crippen LogP contribution is 2.37. The van der Waals surface area contributed by atoms with E-state index in [1.165, 1.54) is 6.07 Å². The number of benzene rings is 1. The highest BCUT2D eigenvalue weighted by Gasteiger charge is 2.32. The van der Waals surface area contributed by atoms with Crippen molar-refractivity contribution in [2.45, 2.75) is 57.7 Å². The molecule has 0 unspecified atom stereocenters. The van der Waals surface area contributed by atoms with Crippen molar-refractivity contribution in [1.82, 2.24) is 4.90 Å². The summed E-state index contributed by atoms with van der Waals surface area (Å²) in [5.74, 6) is 0.256. The SMILES string of the molecule is CCN(CC)[C@@H]1CCC[C@H](c2cccc(C(F)(F)F)c2)C1. The fourth-order valence-corrected chi connectivity index (χ4v) is 3.51. The van der Waals surface area contributed by atoms with Crippen molar-refractivity contribution in [3.05, 3.63) is 35.4 Å². The largest absolute Gasteiger partial charge is 0.416 e. The van der Waals surface area contributed by atoms with Crippen LogP contribution < -0.4 is 0 Å². The van der Waals surface area contributed by atoms with Crippen molar-refractivity contribution in [3.63, 3.8) is 0 Å². The Morgan fingerprint density at radius 1 is 1.14 bits per heavy atom. The molecule has 1 aromatic rings. The quantitative estimate of drug-likeness (QED) is 0.750. The highest BCUT2D eigenvalue weighted by molar-refractivity contribution is 5.28. The molecule has 0 heterocycles. The summed E-state index contributed by atoms with van der Waals surface area (Å²) in [5, 5.41) is 0. The van der Waals surface area contributed by atoms with Crippen LogP contribution in [0.15, 0.2) is 24.3 Å². The van der Waals surface area contributed by atoms with Gasteiger partial charge in [-0.3, -0.25) is 0 Å². The monoisotopic (exact) mass is 299 g/mol. The molecule has 1 saturated carbocycles. The summed E-state index contributed by atoms with van der Waals surface area (Å²) in [6.45, 7) is 6.32. The molecule has 2 rings (SSSR count). The minimum atomic E-state index is -4.25. The van der Waals surface area contributed by atoms with E-state index in [0.717, 1.165) is 50.4 Å². The Morgan fingerprint density at radius 3 is 2.48 bits per heavy atom. The maximum absolute atomic E-state index is 12.8. The van der Waals surface area contributed by atoms with Gasteiger partial charge in [0.2, 0.25) is 0 Å². The molecule has 1 aliphatic rings. The zero-order chi connectivity index (χ0) is 15.5. The van der Waals surface area contributed by atoms with E-state index in [2.05, 4.69) is 18.7 Å². The number of hydrogen-bond acceptors (Lipinski definition) is 1. The number of nitrogens with zero attached hydrogens (tertiary/aromatic N) is 1. The number of hydrogen-bond donors (Lipinski definition) is 0. The molecule has 0 aromatic heterocycles. The standard InChI is InChI=1S/C17H24F3N/c1-3-21(4-2)16-10-6-8-14(12-16)13-7-5-9-15(11-13)17(18,19)20/h5,7,9,11,14,16H,3-4,6,8,10,12H2,1-2H3/t14-,16+/m0/s1. The molecule has 4 heteroatoms. The van der Waals surface area contributed by atoms with Gasteiger partial charge in [-0.2, -0.15) is 13.2 Å². The predicted molar refractivity (Wildman–Crippen MR) is 79.4 cm³/mol. The van der Waals surface area contributed by atoms with Gasteiger partial charge >= 0.3 is 6.18 Å². The Bertz CT molecular complexity index is 452. The summed E-state index contributed by atoms with van der Waals surface area (Å²) in [6.07, 6.45) is -0.00968. The van der Waals surface area contributed by atoms with Gasteiger partial charge in [0.1, 0.15) is 0 Å². The van der Waals surface area contributed by atoms with Crippen LogP contribution in [0.3, 0.4) is 0 Å². The van der Waals surface area contributed by atoms with Crippen molar-refractivity contribution < 1.29 is 13.2 Å². The van der Waals surface area contributed by atoms with Crippen molar-refractivity contribution >= 4 is 0 Å². The molecule has 0 aliphatic heterocycles. The summed E-state index contributed by atoms with van der Waals surface area (Å²) in [5.41, 5.74) is 0.326. The van der Waals surface area contributed by atoms with Crippen LogP contribution in [0.2, 0.25) is 0 Å². The van der Waals surface area contributed by atoms with Crippen LogP contribution in [0.4, 0.5) is 13.2 Å². The Balaban J connectivity index is 2.14. The van der Waals surface area contributed by atoms with Crippen LogP contribution in [-0.2, 0) is 6.18 Å². The van der Waals surface area contributed by atoms with E-state index in [-0.39, 0.29) is 5.92 Å². The van der Waals surface area contributed by atoms with E-state index in [9.17, 15) is 13.2 Å². The van der Waals surface area contributed by atoms with Crippen molar-refractivity contribution in [1.29, 1.82) is 0 Å². The zero-order valence-electron chi connectivity index (χ0n) is 12.8. The van der Waals surface area contributed by atoms with Gasteiger partial charge in [0.05, 0.1) is 5.56 Å². The average molecular weight is 299 g/mol. The molecule has 21 heavy (non-hydrogen) atoms. The lowest BCUT2D eigenvalue weighted by Gasteiger charge is -2.36. The average Bonchev–Trinajstić information content (AvgIpc) is 2.48. The Morgan fingerprint density at radius 2 is 1.86 bits per heavy atom. The lowest BCUT2D eigenvalue weighted by molar-refractivity contribution is -0.137. The van der Waals surface area contributed by atoms with Gasteiger partial charge in [0.15, 0.2) is 0 Å². The second-order valence-electron chi connectivity index (χ2n) is 5.86. The van der Waals surface area contributed by atoms with E-state index in [1.54, 1.807) is 6.07 Å². The van der Waals surface area contributed by atoms with Crippen LogP contribution >= 0.6 is 0 Å². The lowest BCUT2D eigenvalue weighted by Crippen LogP contribution is -2.38. The first kappa shape index (κ1) is 16.3. The minimum Gasteiger partial charge on any atom is -0.301 e. The third-order valence-corrected chi connectivity index (χ3v) is 4.66. The van der Waals surface area contributed by atoms with Gasteiger partial charge in [0.25, 0.3) is 0 Å². The molecule has 1 aliphatic carbocycles. The van der Waals surface area contributed by atoms with Gasteiger partial charge in [-0.25, -0.2) is 0 Å². The summed E-state index contributed by atoms with van der Waals surface area (Å²) in [4.78, 5) is 2.43. The second-order valence-corrected chi connectivity index (χ2v) is 5.86. The van der Waals surface area contributed by atoms with Crippen molar-refractivity contribution in [2.24, 2.45) is 0 Å². The lowest BCUT2D eigenvalue weighted by atomic mass is 9.80. The number of alkyl halides is 3. The van der Waals surface area contributed by atoms with Crippen LogP contribution in [0, 0.1) is 0 Å². The molecular weight excluding hydrogens is 275 g/mol. The molecule has 0 amide bonds. The maximum atomic E-state index is 12.8. The van der Waals surface area contributed by atoms with Crippen LogP contribution in [-0.4, -0.2) is 24.0 Å². The van der Waals surface area contributed by atoms with E-state index in [0.29, 0.717) is 6.04 Å². The third-order valence-electron chi connectivity index (χ3n) is 4.66. The van der Waals surface area contributed by atoms with Gasteiger partial charge < -0.3 is 4.90 Å². The van der Waals surface area contributed by atoms with E-state index in [1.807, 2.05) is 6.07 Å². The molecule has 0 spiro atoms. The van der Waals surface area contributed by atoms with Crippen LogP contribution in [0.5, 0.6) is 0 Å². The Labute approximate surface area is 125 Å². The van der Waals surface area contributed by atoms with E-state index >= 15 is 0 Å². The van der Waals surface area contributed by atoms with Gasteiger partial charge in [-0.15, -0.1) is 0 Å². The fourth-order valence-electron chi connectivity index (χ4n) is 3.51. The first-order valence-electron chi connectivity index (χ1n) is 7.86. The van der Waals surface area contributed by atoms with Gasteiger partial charge in [-0.05, 0) is 49.9 Å². The molecule has 2 atom stereocenters. The zero-order valence-corrected chi connectivity index (χ0v) is 12.8. The molecule has 118 valence electrons. The summed E-state index contributed by atoms with van der Waals surface area (Å²) >= 11 is 0. The smallest absolute Gasteiger partial charge is 0.301 e. The summed E-state index contributed by atoms with van der Waals surface area (Å²) in [6, 6.07) is 6.40. The first-order valence-corrected chi connectivity index (χ1v) is 7.86. The summed E-state index contributed by atoms with van der Waals surface area (Å²) < 4.78 is 38.5. The second kappa shape index (κ2) is 6.82. The molecule has 0 bridgehead atoms. The van der Waals surface area contributed by atoms with Gasteiger partial charge in [-0.1, -0.05) is 38.5 Å². The maximum Gasteiger partial charge on any atom is 0.416 e. The normalized spacial score (nSPS) is 23.5. The van der Waals surface area contributed by atoms with Gasteiger partial charge in [0, 0.05) is 6.04 Å². The topological polar surface area (TPSA) is 3.24 Å². The molecule has 1 nitrogen and oxygen atoms in total. The van der Waals surface area contributed by atoms with E-state index in [4.69, 9.17) is 0 Å². The van der Waals surface area contributed by atoms with Crippen molar-refractivity contribution in [2.75, 3.05) is 13.1 Å². The minimum absolute atomic E-state index is 0.256. The molecule has 1 aromatic carbocycles. The highest BCUT2D eigenvalue weighted by atomic mass is 19.4. The molecule has 0 radical (unpaired) electrons. The molecule has 0 saturated heterocycles. The molecule has 1 fully saturated rings. The van der Waals surface area contributed by atoms with E-state index < -0.39 is 11.7 Å². The number of rotatable bonds is 4. The predicted octanol–water partition coefficient (Wildman–Crippen LogP) is 5.07. The Kier molecular flexibility index (Phi) is 5.31. The first-order chi connectivity index (χ1) is 9.95. The van der Waals surface area contributed by atoms with Crippen LogP contribution in [0.1, 0.15) is 56.6 Å². The summed E-state index contributed by atoms with van der Waals surface area (Å²) in [7, 11) is 0. The van der Waals surface area contributed by atoms with Crippen molar-refractivity contribution in [3.8, 4) is 0 Å². The third kappa shape index (κ3) is 4.00. The Hall–Kier alpha value is -1.03. The molecular formula is C17H24F3N. The fraction of sp³-hybridized carbons (Fsp3) is 0.647. The number of halogens is 3.